The van der Waals surface area contributed by atoms with Gasteiger partial charge in [0, 0.05) is 17.7 Å². The zero-order valence-electron chi connectivity index (χ0n) is 18.2. The number of hydrogen-bond donors (Lipinski definition) is 1. The second-order valence-corrected chi connectivity index (χ2v) is 7.94. The van der Waals surface area contributed by atoms with Gasteiger partial charge in [0.1, 0.15) is 11.8 Å². The molecule has 0 aromatic heterocycles. The Hall–Kier alpha value is -3.60. The van der Waals surface area contributed by atoms with Crippen molar-refractivity contribution in [1.82, 2.24) is 5.32 Å². The third-order valence-electron chi connectivity index (χ3n) is 5.73. The minimum absolute atomic E-state index is 0.150. The largest absolute Gasteiger partial charge is 0.496 e. The summed E-state index contributed by atoms with van der Waals surface area (Å²) in [6.07, 6.45) is 0. The highest BCUT2D eigenvalue weighted by atomic mass is 16.5. The standard InChI is InChI=1S/C26H26N2O3/c1-16-13-17(2)23(18(3)14-16)28-24(20-10-6-7-11-21(20)26(28)30)25(29)27-15-19-9-5-8-12-22(19)31-4/h5-14,24H,15H2,1-4H3,(H,27,29)/t24-/m0/s1. The summed E-state index contributed by atoms with van der Waals surface area (Å²) in [6, 6.07) is 18.3. The Bertz CT molecular complexity index is 1150. The summed E-state index contributed by atoms with van der Waals surface area (Å²) in [6.45, 7) is 6.31. The smallest absolute Gasteiger partial charge is 0.259 e. The monoisotopic (exact) mass is 414 g/mol. The van der Waals surface area contributed by atoms with Gasteiger partial charge in [0.05, 0.1) is 12.8 Å². The molecule has 0 aliphatic carbocycles. The summed E-state index contributed by atoms with van der Waals surface area (Å²) in [5.74, 6) is 0.347. The van der Waals surface area contributed by atoms with Crippen molar-refractivity contribution in [3.8, 4) is 5.75 Å². The lowest BCUT2D eigenvalue weighted by Crippen LogP contribution is -2.39. The Morgan fingerprint density at radius 2 is 1.65 bits per heavy atom. The lowest BCUT2D eigenvalue weighted by atomic mass is 10.0. The number of hydrogen-bond acceptors (Lipinski definition) is 3. The van der Waals surface area contributed by atoms with Gasteiger partial charge in [0.25, 0.3) is 5.91 Å². The molecular weight excluding hydrogens is 388 g/mol. The molecule has 0 spiro atoms. The minimum Gasteiger partial charge on any atom is -0.496 e. The number of nitrogens with zero attached hydrogens (tertiary/aromatic N) is 1. The maximum atomic E-state index is 13.5. The lowest BCUT2D eigenvalue weighted by Gasteiger charge is -2.28. The van der Waals surface area contributed by atoms with E-state index in [1.54, 1.807) is 18.1 Å². The van der Waals surface area contributed by atoms with Crippen molar-refractivity contribution in [3.63, 3.8) is 0 Å². The molecule has 0 saturated carbocycles. The van der Waals surface area contributed by atoms with Gasteiger partial charge < -0.3 is 10.1 Å². The molecule has 31 heavy (non-hydrogen) atoms. The van der Waals surface area contributed by atoms with E-state index in [0.29, 0.717) is 17.9 Å². The molecule has 1 N–H and O–H groups in total. The van der Waals surface area contributed by atoms with E-state index in [2.05, 4.69) is 5.32 Å². The molecule has 3 aromatic rings. The summed E-state index contributed by atoms with van der Waals surface area (Å²) in [7, 11) is 1.61. The normalized spacial score (nSPS) is 15.0. The first kappa shape index (κ1) is 20.7. The van der Waals surface area contributed by atoms with Crippen molar-refractivity contribution < 1.29 is 14.3 Å². The third kappa shape index (κ3) is 3.67. The van der Waals surface area contributed by atoms with Crippen LogP contribution in [0.4, 0.5) is 5.69 Å². The van der Waals surface area contributed by atoms with Crippen LogP contribution in [0.1, 0.15) is 44.2 Å². The molecule has 0 radical (unpaired) electrons. The highest BCUT2D eigenvalue weighted by Crippen LogP contribution is 2.41. The molecule has 1 aliphatic heterocycles. The van der Waals surface area contributed by atoms with E-state index in [4.69, 9.17) is 4.74 Å². The predicted molar refractivity (Wildman–Crippen MR) is 121 cm³/mol. The van der Waals surface area contributed by atoms with Crippen molar-refractivity contribution >= 4 is 17.5 Å². The van der Waals surface area contributed by atoms with Crippen molar-refractivity contribution in [2.24, 2.45) is 0 Å². The van der Waals surface area contributed by atoms with Crippen LogP contribution in [0.15, 0.2) is 60.7 Å². The van der Waals surface area contributed by atoms with Crippen LogP contribution >= 0.6 is 0 Å². The Kier molecular flexibility index (Phi) is 5.51. The van der Waals surface area contributed by atoms with Gasteiger partial charge in [-0.05, 0) is 49.6 Å². The fourth-order valence-corrected chi connectivity index (χ4v) is 4.49. The maximum absolute atomic E-state index is 13.5. The van der Waals surface area contributed by atoms with Gasteiger partial charge in [-0.3, -0.25) is 14.5 Å². The van der Waals surface area contributed by atoms with Gasteiger partial charge >= 0.3 is 0 Å². The summed E-state index contributed by atoms with van der Waals surface area (Å²) in [5, 5.41) is 3.01. The van der Waals surface area contributed by atoms with Gasteiger partial charge in [0.15, 0.2) is 0 Å². The maximum Gasteiger partial charge on any atom is 0.259 e. The van der Waals surface area contributed by atoms with E-state index >= 15 is 0 Å². The SMILES string of the molecule is COc1ccccc1CNC(=O)[C@@H]1c2ccccc2C(=O)N1c1c(C)cc(C)cc1C. The quantitative estimate of drug-likeness (QED) is 0.662. The Morgan fingerprint density at radius 3 is 2.35 bits per heavy atom. The number of anilines is 1. The molecule has 158 valence electrons. The highest BCUT2D eigenvalue weighted by Gasteiger charge is 2.42. The minimum atomic E-state index is -0.724. The number of rotatable bonds is 5. The summed E-state index contributed by atoms with van der Waals surface area (Å²) >= 11 is 0. The van der Waals surface area contributed by atoms with Gasteiger partial charge in [0.2, 0.25) is 5.91 Å². The van der Waals surface area contributed by atoms with Crippen LogP contribution in [0, 0.1) is 20.8 Å². The molecule has 3 aromatic carbocycles. The van der Waals surface area contributed by atoms with Crippen molar-refractivity contribution in [3.05, 3.63) is 94.0 Å². The summed E-state index contributed by atoms with van der Waals surface area (Å²) in [4.78, 5) is 28.5. The molecule has 0 unspecified atom stereocenters. The van der Waals surface area contributed by atoms with E-state index in [1.807, 2.05) is 75.4 Å². The number of carbonyl (C=O) groups is 2. The molecule has 0 bridgehead atoms. The van der Waals surface area contributed by atoms with Crippen LogP contribution in [-0.4, -0.2) is 18.9 Å². The third-order valence-corrected chi connectivity index (χ3v) is 5.73. The van der Waals surface area contributed by atoms with Crippen LogP contribution in [0.2, 0.25) is 0 Å². The van der Waals surface area contributed by atoms with E-state index in [9.17, 15) is 9.59 Å². The lowest BCUT2D eigenvalue weighted by molar-refractivity contribution is -0.122. The number of ether oxygens (including phenoxy) is 1. The molecule has 5 heteroatoms. The average Bonchev–Trinajstić information content (AvgIpc) is 3.04. The van der Waals surface area contributed by atoms with Crippen molar-refractivity contribution in [2.75, 3.05) is 12.0 Å². The fourth-order valence-electron chi connectivity index (χ4n) is 4.49. The first-order chi connectivity index (χ1) is 14.9. The number of aryl methyl sites for hydroxylation is 3. The number of nitrogens with one attached hydrogen (secondary N) is 1. The Labute approximate surface area is 182 Å². The summed E-state index contributed by atoms with van der Waals surface area (Å²) in [5.41, 5.74) is 6.04. The number of para-hydroxylation sites is 1. The number of methoxy groups -OCH3 is 1. The first-order valence-corrected chi connectivity index (χ1v) is 10.3. The van der Waals surface area contributed by atoms with Crippen molar-refractivity contribution in [1.29, 1.82) is 0 Å². The zero-order chi connectivity index (χ0) is 22.1. The molecule has 1 heterocycles. The van der Waals surface area contributed by atoms with Gasteiger partial charge in [-0.2, -0.15) is 0 Å². The average molecular weight is 415 g/mol. The number of fused-ring (bicyclic) bond motifs is 1. The van der Waals surface area contributed by atoms with E-state index < -0.39 is 6.04 Å². The molecule has 1 atom stereocenters. The van der Waals surface area contributed by atoms with Crippen LogP contribution in [-0.2, 0) is 11.3 Å². The first-order valence-electron chi connectivity index (χ1n) is 10.3. The van der Waals surface area contributed by atoms with Crippen LogP contribution in [0.3, 0.4) is 0 Å². The molecule has 4 rings (SSSR count). The summed E-state index contributed by atoms with van der Waals surface area (Å²) < 4.78 is 5.39. The van der Waals surface area contributed by atoms with Crippen LogP contribution < -0.4 is 15.0 Å². The van der Waals surface area contributed by atoms with Gasteiger partial charge in [-0.25, -0.2) is 0 Å². The number of benzene rings is 3. The van der Waals surface area contributed by atoms with E-state index in [0.717, 1.165) is 33.5 Å². The molecule has 1 aliphatic rings. The molecule has 0 saturated heterocycles. The van der Waals surface area contributed by atoms with Crippen LogP contribution in [0.25, 0.3) is 0 Å². The zero-order valence-corrected chi connectivity index (χ0v) is 18.2. The van der Waals surface area contributed by atoms with Crippen molar-refractivity contribution in [2.45, 2.75) is 33.4 Å². The van der Waals surface area contributed by atoms with Gasteiger partial charge in [-0.1, -0.05) is 54.1 Å². The second kappa shape index (κ2) is 8.26. The molecule has 5 nitrogen and oxygen atoms in total. The molecule has 0 fully saturated rings. The van der Waals surface area contributed by atoms with E-state index in [1.165, 1.54) is 0 Å². The van der Waals surface area contributed by atoms with Gasteiger partial charge in [-0.15, -0.1) is 0 Å². The number of amides is 2. The Balaban J connectivity index is 1.72. The van der Waals surface area contributed by atoms with E-state index in [-0.39, 0.29) is 11.8 Å². The predicted octanol–water partition coefficient (Wildman–Crippen LogP) is 4.64. The molecule has 2 amide bonds. The fraction of sp³-hybridized carbons (Fsp3) is 0.231. The highest BCUT2D eigenvalue weighted by molar-refractivity contribution is 6.16. The van der Waals surface area contributed by atoms with Crippen LogP contribution in [0.5, 0.6) is 5.75 Å². The molecular formula is C26H26N2O3. The second-order valence-electron chi connectivity index (χ2n) is 7.94. The Morgan fingerprint density at radius 1 is 1.00 bits per heavy atom. The number of carbonyl (C=O) groups excluding carboxylic acids is 2. The topological polar surface area (TPSA) is 58.6 Å².